The van der Waals surface area contributed by atoms with Crippen LogP contribution in [0.5, 0.6) is 5.75 Å². The van der Waals surface area contributed by atoms with E-state index >= 15 is 0 Å². The lowest BCUT2D eigenvalue weighted by atomic mass is 9.98. The molecule has 1 amide bonds. The molecule has 4 nitrogen and oxygen atoms in total. The number of fused-ring (bicyclic) bond motifs is 1. The summed E-state index contributed by atoms with van der Waals surface area (Å²) in [4.78, 5) is 26.7. The van der Waals surface area contributed by atoms with Crippen molar-refractivity contribution in [2.24, 2.45) is 0 Å². The first kappa shape index (κ1) is 14.3. The molecule has 0 fully saturated rings. The molecular weight excluding hydrogens is 278 g/mol. The van der Waals surface area contributed by atoms with Crippen molar-refractivity contribution in [3.8, 4) is 5.75 Å². The summed E-state index contributed by atoms with van der Waals surface area (Å²) in [6, 6.07) is 12.8. The van der Waals surface area contributed by atoms with Gasteiger partial charge in [0.1, 0.15) is 5.75 Å². The molecule has 0 N–H and O–H groups in total. The highest BCUT2D eigenvalue weighted by Crippen LogP contribution is 2.37. The van der Waals surface area contributed by atoms with Gasteiger partial charge in [-0.1, -0.05) is 24.3 Å². The Kier molecular flexibility index (Phi) is 3.67. The van der Waals surface area contributed by atoms with Crippen LogP contribution >= 0.6 is 0 Å². The number of amides is 1. The first-order valence-corrected chi connectivity index (χ1v) is 7.21. The quantitative estimate of drug-likeness (QED) is 0.854. The molecule has 0 aromatic heterocycles. The van der Waals surface area contributed by atoms with E-state index in [-0.39, 0.29) is 11.7 Å². The molecule has 2 aromatic carbocycles. The number of hydrogen-bond donors (Lipinski definition) is 0. The van der Waals surface area contributed by atoms with E-state index in [0.29, 0.717) is 35.5 Å². The normalized spacial score (nSPS) is 13.7. The van der Waals surface area contributed by atoms with Gasteiger partial charge in [0.25, 0.3) is 5.91 Å². The maximum absolute atomic E-state index is 12.9. The highest BCUT2D eigenvalue weighted by molar-refractivity contribution is 6.14. The molecule has 0 bridgehead atoms. The zero-order valence-corrected chi connectivity index (χ0v) is 12.6. The van der Waals surface area contributed by atoms with E-state index in [9.17, 15) is 9.59 Å². The predicted octanol–water partition coefficient (Wildman–Crippen LogP) is 3.24. The van der Waals surface area contributed by atoms with Crippen LogP contribution in [0, 0.1) is 6.92 Å². The molecule has 3 rings (SSSR count). The molecule has 0 unspecified atom stereocenters. The molecule has 112 valence electrons. The third-order valence-corrected chi connectivity index (χ3v) is 3.97. The fraction of sp³-hybridized carbons (Fsp3) is 0.222. The summed E-state index contributed by atoms with van der Waals surface area (Å²) >= 11 is 0. The van der Waals surface area contributed by atoms with E-state index in [1.807, 2.05) is 31.2 Å². The largest absolute Gasteiger partial charge is 0.495 e. The number of ketones is 1. The molecule has 0 saturated heterocycles. The SMILES string of the molecule is COc1cccc2c1N(C(=O)c1ccccc1C)CCC2=O. The average Bonchev–Trinajstić information content (AvgIpc) is 2.55. The van der Waals surface area contributed by atoms with Crippen molar-refractivity contribution in [1.29, 1.82) is 0 Å². The van der Waals surface area contributed by atoms with Crippen molar-refractivity contribution in [2.75, 3.05) is 18.6 Å². The Morgan fingerprint density at radius 2 is 1.91 bits per heavy atom. The van der Waals surface area contributed by atoms with E-state index in [2.05, 4.69) is 0 Å². The van der Waals surface area contributed by atoms with Crippen molar-refractivity contribution < 1.29 is 14.3 Å². The van der Waals surface area contributed by atoms with Gasteiger partial charge < -0.3 is 9.64 Å². The lowest BCUT2D eigenvalue weighted by molar-refractivity contribution is 0.0953. The number of aryl methyl sites for hydroxylation is 1. The highest BCUT2D eigenvalue weighted by atomic mass is 16.5. The standard InChI is InChI=1S/C18H17NO3/c1-12-6-3-4-7-13(12)18(21)19-11-10-15(20)14-8-5-9-16(22-2)17(14)19/h3-9H,10-11H2,1-2H3. The zero-order chi connectivity index (χ0) is 15.7. The van der Waals surface area contributed by atoms with Gasteiger partial charge >= 0.3 is 0 Å². The topological polar surface area (TPSA) is 46.6 Å². The maximum Gasteiger partial charge on any atom is 0.258 e. The molecular formula is C18H17NO3. The van der Waals surface area contributed by atoms with Gasteiger partial charge in [-0.15, -0.1) is 0 Å². The number of ether oxygens (including phenoxy) is 1. The summed E-state index contributed by atoms with van der Waals surface area (Å²) in [5.41, 5.74) is 2.69. The average molecular weight is 295 g/mol. The fourth-order valence-electron chi connectivity index (χ4n) is 2.81. The molecule has 0 atom stereocenters. The second kappa shape index (κ2) is 5.64. The van der Waals surface area contributed by atoms with Gasteiger partial charge in [-0.2, -0.15) is 0 Å². The van der Waals surface area contributed by atoms with Crippen molar-refractivity contribution in [3.05, 3.63) is 59.2 Å². The smallest absolute Gasteiger partial charge is 0.258 e. The molecule has 22 heavy (non-hydrogen) atoms. The molecule has 1 heterocycles. The Morgan fingerprint density at radius 3 is 2.64 bits per heavy atom. The fourth-order valence-corrected chi connectivity index (χ4v) is 2.81. The second-order valence-corrected chi connectivity index (χ2v) is 5.30. The number of carbonyl (C=O) groups excluding carboxylic acids is 2. The molecule has 4 heteroatoms. The summed E-state index contributed by atoms with van der Waals surface area (Å²) in [5, 5.41) is 0. The Bertz CT molecular complexity index is 752. The number of rotatable bonds is 2. The summed E-state index contributed by atoms with van der Waals surface area (Å²) in [6.07, 6.45) is 0.331. The van der Waals surface area contributed by atoms with Crippen LogP contribution in [0.3, 0.4) is 0 Å². The first-order chi connectivity index (χ1) is 10.6. The lowest BCUT2D eigenvalue weighted by Crippen LogP contribution is -2.38. The minimum absolute atomic E-state index is 0.0442. The Balaban J connectivity index is 2.11. The molecule has 0 saturated carbocycles. The molecule has 0 aliphatic carbocycles. The summed E-state index contributed by atoms with van der Waals surface area (Å²) in [6.45, 7) is 2.28. The molecule has 2 aromatic rings. The Labute approximate surface area is 129 Å². The van der Waals surface area contributed by atoms with Crippen LogP contribution in [0.15, 0.2) is 42.5 Å². The van der Waals surface area contributed by atoms with Gasteiger partial charge in [0, 0.05) is 24.1 Å². The van der Waals surface area contributed by atoms with Crippen molar-refractivity contribution in [2.45, 2.75) is 13.3 Å². The van der Waals surface area contributed by atoms with E-state index in [1.54, 1.807) is 30.2 Å². The van der Waals surface area contributed by atoms with Crippen LogP contribution in [0.4, 0.5) is 5.69 Å². The van der Waals surface area contributed by atoms with Crippen LogP contribution < -0.4 is 9.64 Å². The molecule has 0 radical (unpaired) electrons. The van der Waals surface area contributed by atoms with E-state index in [0.717, 1.165) is 5.56 Å². The minimum atomic E-state index is -0.101. The van der Waals surface area contributed by atoms with Crippen molar-refractivity contribution in [3.63, 3.8) is 0 Å². The zero-order valence-electron chi connectivity index (χ0n) is 12.6. The van der Waals surface area contributed by atoms with E-state index in [1.165, 1.54) is 0 Å². The maximum atomic E-state index is 12.9. The van der Waals surface area contributed by atoms with Gasteiger partial charge in [0.05, 0.1) is 12.8 Å². The van der Waals surface area contributed by atoms with Crippen molar-refractivity contribution >= 4 is 17.4 Å². The number of methoxy groups -OCH3 is 1. The molecule has 1 aliphatic rings. The lowest BCUT2D eigenvalue weighted by Gasteiger charge is -2.30. The molecule has 1 aliphatic heterocycles. The number of anilines is 1. The monoisotopic (exact) mass is 295 g/mol. The van der Waals surface area contributed by atoms with Gasteiger partial charge in [-0.05, 0) is 30.7 Å². The molecule has 0 spiro atoms. The van der Waals surface area contributed by atoms with Crippen LogP contribution in [0.2, 0.25) is 0 Å². The van der Waals surface area contributed by atoms with Gasteiger partial charge in [0.15, 0.2) is 5.78 Å². The Hall–Kier alpha value is -2.62. The second-order valence-electron chi connectivity index (χ2n) is 5.30. The number of para-hydroxylation sites is 1. The Morgan fingerprint density at radius 1 is 1.14 bits per heavy atom. The minimum Gasteiger partial charge on any atom is -0.495 e. The summed E-state index contributed by atoms with van der Waals surface area (Å²) in [7, 11) is 1.55. The van der Waals surface area contributed by atoms with Crippen LogP contribution in [0.1, 0.15) is 32.7 Å². The summed E-state index contributed by atoms with van der Waals surface area (Å²) < 4.78 is 5.36. The number of hydrogen-bond acceptors (Lipinski definition) is 3. The van der Waals surface area contributed by atoms with Crippen LogP contribution in [-0.4, -0.2) is 25.3 Å². The number of carbonyl (C=O) groups is 2. The number of nitrogens with zero attached hydrogens (tertiary/aromatic N) is 1. The third kappa shape index (κ3) is 2.26. The van der Waals surface area contributed by atoms with Crippen LogP contribution in [0.25, 0.3) is 0 Å². The van der Waals surface area contributed by atoms with E-state index in [4.69, 9.17) is 4.74 Å². The number of Topliss-reactive ketones (excluding diaryl/α,β-unsaturated/α-hetero) is 1. The van der Waals surface area contributed by atoms with Gasteiger partial charge in [-0.25, -0.2) is 0 Å². The van der Waals surface area contributed by atoms with E-state index < -0.39 is 0 Å². The first-order valence-electron chi connectivity index (χ1n) is 7.21. The van der Waals surface area contributed by atoms with Crippen LogP contribution in [-0.2, 0) is 0 Å². The van der Waals surface area contributed by atoms with Crippen molar-refractivity contribution in [1.82, 2.24) is 0 Å². The number of benzene rings is 2. The summed E-state index contributed by atoms with van der Waals surface area (Å²) in [5.74, 6) is 0.492. The third-order valence-electron chi connectivity index (χ3n) is 3.97. The van der Waals surface area contributed by atoms with Gasteiger partial charge in [-0.3, -0.25) is 9.59 Å². The predicted molar refractivity (Wildman–Crippen MR) is 84.8 cm³/mol. The van der Waals surface area contributed by atoms with Gasteiger partial charge in [0.2, 0.25) is 0 Å². The highest BCUT2D eigenvalue weighted by Gasteiger charge is 2.31.